The van der Waals surface area contributed by atoms with Gasteiger partial charge in [-0.1, -0.05) is 84.6 Å². The van der Waals surface area contributed by atoms with Gasteiger partial charge in [0.2, 0.25) is 0 Å². The first-order valence-electron chi connectivity index (χ1n) is 9.63. The lowest BCUT2D eigenvalue weighted by Gasteiger charge is -2.31. The van der Waals surface area contributed by atoms with E-state index < -0.39 is 0 Å². The van der Waals surface area contributed by atoms with Crippen LogP contribution in [-0.2, 0) is 0 Å². The fourth-order valence-corrected chi connectivity index (χ4v) is 4.71. The van der Waals surface area contributed by atoms with E-state index in [1.165, 1.54) is 0 Å². The second kappa shape index (κ2) is 7.65. The van der Waals surface area contributed by atoms with Crippen LogP contribution >= 0.6 is 11.8 Å². The van der Waals surface area contributed by atoms with E-state index in [2.05, 4.69) is 0 Å². The zero-order valence-electron chi connectivity index (χ0n) is 16.0. The van der Waals surface area contributed by atoms with Crippen LogP contribution in [0.4, 0.5) is 11.4 Å². The van der Waals surface area contributed by atoms with Crippen molar-refractivity contribution < 1.29 is 9.59 Å². The van der Waals surface area contributed by atoms with Crippen LogP contribution in [0.5, 0.6) is 0 Å². The summed E-state index contributed by atoms with van der Waals surface area (Å²) in [5.41, 5.74) is 3.01. The Morgan fingerprint density at radius 3 is 1.70 bits per heavy atom. The number of fused-ring (bicyclic) bond motifs is 2. The Balaban J connectivity index is 1.64. The SMILES string of the molecule is O=C(c1ccccc1)c1ccccc1C(=O)N1c2ccccc2Sc2ccccc21. The van der Waals surface area contributed by atoms with Gasteiger partial charge in [-0.05, 0) is 30.3 Å². The number of carbonyl (C=O) groups excluding carboxylic acids is 2. The molecule has 0 bridgehead atoms. The lowest BCUT2D eigenvalue weighted by atomic mass is 9.97. The lowest BCUT2D eigenvalue weighted by Crippen LogP contribution is -2.30. The van der Waals surface area contributed by atoms with E-state index in [0.717, 1.165) is 21.2 Å². The molecule has 0 atom stereocenters. The predicted molar refractivity (Wildman–Crippen MR) is 120 cm³/mol. The third-order valence-electron chi connectivity index (χ3n) is 5.07. The molecule has 0 unspecified atom stereocenters. The van der Waals surface area contributed by atoms with Gasteiger partial charge in [0.1, 0.15) is 0 Å². The van der Waals surface area contributed by atoms with Gasteiger partial charge in [0.05, 0.1) is 16.9 Å². The maximum Gasteiger partial charge on any atom is 0.263 e. The van der Waals surface area contributed by atoms with Crippen LogP contribution in [0.3, 0.4) is 0 Å². The summed E-state index contributed by atoms with van der Waals surface area (Å²) in [7, 11) is 0. The molecule has 0 aliphatic carbocycles. The largest absolute Gasteiger partial charge is 0.289 e. The Morgan fingerprint density at radius 2 is 1.07 bits per heavy atom. The van der Waals surface area contributed by atoms with Gasteiger partial charge in [0.25, 0.3) is 5.91 Å². The topological polar surface area (TPSA) is 37.4 Å². The van der Waals surface area contributed by atoms with E-state index in [1.54, 1.807) is 53.1 Å². The Bertz CT molecular complexity index is 1220. The normalized spacial score (nSPS) is 12.1. The second-order valence-electron chi connectivity index (χ2n) is 6.92. The highest BCUT2D eigenvalue weighted by atomic mass is 32.2. The van der Waals surface area contributed by atoms with Crippen molar-refractivity contribution in [3.63, 3.8) is 0 Å². The van der Waals surface area contributed by atoms with Crippen molar-refractivity contribution in [1.29, 1.82) is 0 Å². The average molecular weight is 407 g/mol. The van der Waals surface area contributed by atoms with Crippen molar-refractivity contribution >= 4 is 34.8 Å². The van der Waals surface area contributed by atoms with Crippen LogP contribution in [0.2, 0.25) is 0 Å². The summed E-state index contributed by atoms with van der Waals surface area (Å²) in [6.07, 6.45) is 0. The number of hydrogen-bond donors (Lipinski definition) is 0. The van der Waals surface area contributed by atoms with Gasteiger partial charge >= 0.3 is 0 Å². The first-order valence-corrected chi connectivity index (χ1v) is 10.4. The first-order chi connectivity index (χ1) is 14.7. The van der Waals surface area contributed by atoms with E-state index in [4.69, 9.17) is 0 Å². The Labute approximate surface area is 179 Å². The van der Waals surface area contributed by atoms with Crippen molar-refractivity contribution in [3.05, 3.63) is 120 Å². The molecule has 1 heterocycles. The lowest BCUT2D eigenvalue weighted by molar-refractivity contribution is 0.0979. The van der Waals surface area contributed by atoms with Crippen LogP contribution in [-0.4, -0.2) is 11.7 Å². The molecule has 1 amide bonds. The van der Waals surface area contributed by atoms with E-state index in [0.29, 0.717) is 16.7 Å². The van der Waals surface area contributed by atoms with Crippen LogP contribution in [0, 0.1) is 0 Å². The molecular formula is C26H17NO2S. The molecule has 144 valence electrons. The highest BCUT2D eigenvalue weighted by Gasteiger charge is 2.30. The number of ketones is 1. The van der Waals surface area contributed by atoms with E-state index in [9.17, 15) is 9.59 Å². The van der Waals surface area contributed by atoms with Crippen LogP contribution in [0.25, 0.3) is 0 Å². The number of hydrogen-bond acceptors (Lipinski definition) is 3. The van der Waals surface area contributed by atoms with Crippen LogP contribution in [0.15, 0.2) is 113 Å². The van der Waals surface area contributed by atoms with Crippen LogP contribution in [0.1, 0.15) is 26.3 Å². The maximum atomic E-state index is 13.8. The minimum atomic E-state index is -0.213. The van der Waals surface area contributed by atoms with Gasteiger partial charge in [0.15, 0.2) is 5.78 Å². The number of para-hydroxylation sites is 2. The van der Waals surface area contributed by atoms with Crippen molar-refractivity contribution in [3.8, 4) is 0 Å². The molecule has 1 aliphatic rings. The number of benzene rings is 4. The molecule has 30 heavy (non-hydrogen) atoms. The molecule has 5 rings (SSSR count). The van der Waals surface area contributed by atoms with Gasteiger partial charge in [-0.3, -0.25) is 14.5 Å². The minimum Gasteiger partial charge on any atom is -0.289 e. The Kier molecular flexibility index (Phi) is 4.69. The molecule has 0 fully saturated rings. The summed E-state index contributed by atoms with van der Waals surface area (Å²) in [5, 5.41) is 0. The van der Waals surface area contributed by atoms with Crippen molar-refractivity contribution in [2.45, 2.75) is 9.79 Å². The molecule has 4 aromatic carbocycles. The molecule has 3 nitrogen and oxygen atoms in total. The standard InChI is InChI=1S/C26H17NO2S/c28-25(18-10-2-1-3-11-18)19-12-4-5-13-20(19)26(29)27-21-14-6-8-16-23(21)30-24-17-9-7-15-22(24)27/h1-17H. The average Bonchev–Trinajstić information content (AvgIpc) is 2.82. The predicted octanol–water partition coefficient (Wildman–Crippen LogP) is 6.36. The number of amides is 1. The van der Waals surface area contributed by atoms with Gasteiger partial charge in [0, 0.05) is 20.9 Å². The summed E-state index contributed by atoms with van der Waals surface area (Å²) in [6, 6.07) is 31.8. The smallest absolute Gasteiger partial charge is 0.263 e. The van der Waals surface area contributed by atoms with Crippen molar-refractivity contribution in [2.24, 2.45) is 0 Å². The molecule has 0 radical (unpaired) electrons. The number of rotatable bonds is 3. The van der Waals surface area contributed by atoms with E-state index in [-0.39, 0.29) is 11.7 Å². The summed E-state index contributed by atoms with van der Waals surface area (Å²) in [4.78, 5) is 30.8. The van der Waals surface area contributed by atoms with Gasteiger partial charge < -0.3 is 0 Å². The highest BCUT2D eigenvalue weighted by Crippen LogP contribution is 2.48. The van der Waals surface area contributed by atoms with Crippen molar-refractivity contribution in [1.82, 2.24) is 0 Å². The summed E-state index contributed by atoms with van der Waals surface area (Å²) < 4.78 is 0. The minimum absolute atomic E-state index is 0.160. The summed E-state index contributed by atoms with van der Waals surface area (Å²) in [6.45, 7) is 0. The summed E-state index contributed by atoms with van der Waals surface area (Å²) >= 11 is 1.65. The fourth-order valence-electron chi connectivity index (χ4n) is 3.66. The third-order valence-corrected chi connectivity index (χ3v) is 6.20. The molecule has 0 N–H and O–H groups in total. The van der Waals surface area contributed by atoms with Gasteiger partial charge in [-0.2, -0.15) is 0 Å². The number of carbonyl (C=O) groups is 2. The molecule has 4 aromatic rings. The molecule has 1 aliphatic heterocycles. The molecule has 0 spiro atoms. The van der Waals surface area contributed by atoms with E-state index in [1.807, 2.05) is 66.7 Å². The Hall–Kier alpha value is -3.63. The first kappa shape index (κ1) is 18.4. The molecule has 0 saturated heterocycles. The van der Waals surface area contributed by atoms with Crippen LogP contribution < -0.4 is 4.90 Å². The van der Waals surface area contributed by atoms with Gasteiger partial charge in [-0.15, -0.1) is 0 Å². The number of anilines is 2. The number of nitrogens with zero attached hydrogens (tertiary/aromatic N) is 1. The maximum absolute atomic E-state index is 13.8. The Morgan fingerprint density at radius 1 is 0.567 bits per heavy atom. The van der Waals surface area contributed by atoms with Gasteiger partial charge in [-0.25, -0.2) is 0 Å². The third kappa shape index (κ3) is 3.11. The fraction of sp³-hybridized carbons (Fsp3) is 0. The molecular weight excluding hydrogens is 390 g/mol. The highest BCUT2D eigenvalue weighted by molar-refractivity contribution is 7.99. The molecule has 4 heteroatoms. The molecule has 0 aromatic heterocycles. The zero-order valence-corrected chi connectivity index (χ0v) is 16.8. The summed E-state index contributed by atoms with van der Waals surface area (Å²) in [5.74, 6) is -0.373. The monoisotopic (exact) mass is 407 g/mol. The van der Waals surface area contributed by atoms with E-state index >= 15 is 0 Å². The quantitative estimate of drug-likeness (QED) is 0.371. The molecule has 0 saturated carbocycles. The van der Waals surface area contributed by atoms with Crippen molar-refractivity contribution in [2.75, 3.05) is 4.90 Å². The zero-order chi connectivity index (χ0) is 20.5. The second-order valence-corrected chi connectivity index (χ2v) is 8.00.